The Morgan fingerprint density at radius 3 is 2.75 bits per heavy atom. The lowest BCUT2D eigenvalue weighted by atomic mass is 10.1. The summed E-state index contributed by atoms with van der Waals surface area (Å²) in [5.41, 5.74) is 8.04. The number of nitrogens with two attached hydrogens (primary N) is 1. The fraction of sp³-hybridized carbons (Fsp3) is 0.632. The molecule has 1 aliphatic rings. The number of unbranched alkanes of at least 4 members (excludes halogenated alkanes) is 2. The van der Waals surface area contributed by atoms with E-state index in [0.29, 0.717) is 12.6 Å². The van der Waals surface area contributed by atoms with Crippen LogP contribution in [0.2, 0.25) is 0 Å². The van der Waals surface area contributed by atoms with Crippen LogP contribution in [0, 0.1) is 0 Å². The highest BCUT2D eigenvalue weighted by Gasteiger charge is 2.08. The number of piperidine rings is 1. The molecule has 0 bridgehead atoms. The second-order valence-corrected chi connectivity index (χ2v) is 6.45. The number of para-hydroxylation sites is 1. The summed E-state index contributed by atoms with van der Waals surface area (Å²) in [5, 5.41) is 3.18. The Morgan fingerprint density at radius 2 is 1.96 bits per heavy atom. The molecule has 3 N–H and O–H groups in total. The molecule has 0 amide bonds. The standard InChI is InChI=1S/C19H32N4O/c1-24-16-17-10-4-5-11-18(17)22-19(20)21-12-6-2-7-13-23-14-8-3-9-15-23/h4-5,10-11H,2-3,6-9,12-16H2,1H3,(H3,20,21,22). The fourth-order valence-corrected chi connectivity index (χ4v) is 3.11. The molecule has 2 rings (SSSR count). The van der Waals surface area contributed by atoms with Gasteiger partial charge in [0.2, 0.25) is 0 Å². The van der Waals surface area contributed by atoms with Crippen molar-refractivity contribution in [2.24, 2.45) is 10.7 Å². The summed E-state index contributed by atoms with van der Waals surface area (Å²) in [6.45, 7) is 5.16. The van der Waals surface area contributed by atoms with Gasteiger partial charge in [-0.25, -0.2) is 0 Å². The smallest absolute Gasteiger partial charge is 0.193 e. The number of guanidine groups is 1. The number of anilines is 1. The highest BCUT2D eigenvalue weighted by atomic mass is 16.5. The van der Waals surface area contributed by atoms with Gasteiger partial charge in [-0.3, -0.25) is 4.99 Å². The van der Waals surface area contributed by atoms with Crippen LogP contribution in [0.5, 0.6) is 0 Å². The molecule has 1 fully saturated rings. The molecule has 0 unspecified atom stereocenters. The zero-order valence-corrected chi connectivity index (χ0v) is 15.0. The number of methoxy groups -OCH3 is 1. The van der Waals surface area contributed by atoms with Crippen molar-refractivity contribution < 1.29 is 4.74 Å². The van der Waals surface area contributed by atoms with Gasteiger partial charge < -0.3 is 20.7 Å². The molecule has 0 aliphatic carbocycles. The van der Waals surface area contributed by atoms with Crippen LogP contribution in [0.25, 0.3) is 0 Å². The summed E-state index contributed by atoms with van der Waals surface area (Å²) in [4.78, 5) is 7.03. The van der Waals surface area contributed by atoms with Crippen molar-refractivity contribution in [2.45, 2.75) is 45.1 Å². The third kappa shape index (κ3) is 6.89. The van der Waals surface area contributed by atoms with Crippen LogP contribution < -0.4 is 11.1 Å². The Hall–Kier alpha value is -1.59. The van der Waals surface area contributed by atoms with Gasteiger partial charge in [0, 0.05) is 24.9 Å². The van der Waals surface area contributed by atoms with E-state index in [1.165, 1.54) is 51.7 Å². The van der Waals surface area contributed by atoms with Gasteiger partial charge in [0.1, 0.15) is 0 Å². The molecular formula is C19H32N4O. The van der Waals surface area contributed by atoms with Crippen molar-refractivity contribution in [3.05, 3.63) is 29.8 Å². The van der Waals surface area contributed by atoms with Gasteiger partial charge in [0.05, 0.1) is 6.61 Å². The zero-order valence-electron chi connectivity index (χ0n) is 15.0. The normalized spacial score (nSPS) is 16.3. The van der Waals surface area contributed by atoms with E-state index >= 15 is 0 Å². The molecule has 5 heteroatoms. The monoisotopic (exact) mass is 332 g/mol. The summed E-state index contributed by atoms with van der Waals surface area (Å²) in [6.07, 6.45) is 7.72. The molecule has 1 aliphatic heterocycles. The third-order valence-corrected chi connectivity index (χ3v) is 4.44. The summed E-state index contributed by atoms with van der Waals surface area (Å²) < 4.78 is 5.20. The molecule has 0 saturated carbocycles. The van der Waals surface area contributed by atoms with Crippen molar-refractivity contribution >= 4 is 11.6 Å². The predicted molar refractivity (Wildman–Crippen MR) is 101 cm³/mol. The molecule has 1 aromatic carbocycles. The highest BCUT2D eigenvalue weighted by molar-refractivity contribution is 5.92. The number of nitrogens with zero attached hydrogens (tertiary/aromatic N) is 2. The van der Waals surface area contributed by atoms with E-state index < -0.39 is 0 Å². The minimum absolute atomic E-state index is 0.481. The number of aliphatic imine (C=N–C) groups is 1. The number of nitrogens with one attached hydrogen (secondary N) is 1. The van der Waals surface area contributed by atoms with E-state index in [1.807, 2.05) is 24.3 Å². The molecular weight excluding hydrogens is 300 g/mol. The zero-order chi connectivity index (χ0) is 17.0. The maximum atomic E-state index is 5.99. The van der Waals surface area contributed by atoms with Gasteiger partial charge in [0.25, 0.3) is 0 Å². The number of rotatable bonds is 9. The van der Waals surface area contributed by atoms with Crippen molar-refractivity contribution in [3.8, 4) is 0 Å². The minimum Gasteiger partial charge on any atom is -0.380 e. The van der Waals surface area contributed by atoms with Gasteiger partial charge >= 0.3 is 0 Å². The Balaban J connectivity index is 1.63. The van der Waals surface area contributed by atoms with E-state index in [9.17, 15) is 0 Å². The molecule has 5 nitrogen and oxygen atoms in total. The summed E-state index contributed by atoms with van der Waals surface area (Å²) in [5.74, 6) is 0.481. The van der Waals surface area contributed by atoms with Gasteiger partial charge in [-0.15, -0.1) is 0 Å². The SMILES string of the molecule is COCc1ccccc1NC(N)=NCCCCCN1CCCCC1. The summed E-state index contributed by atoms with van der Waals surface area (Å²) in [6, 6.07) is 8.00. The Kier molecular flexibility index (Phi) is 8.63. The lowest BCUT2D eigenvalue weighted by Crippen LogP contribution is -2.30. The number of hydrogen-bond donors (Lipinski definition) is 2. The quantitative estimate of drug-likeness (QED) is 0.414. The van der Waals surface area contributed by atoms with Crippen LogP contribution in [-0.4, -0.2) is 44.1 Å². The lowest BCUT2D eigenvalue weighted by molar-refractivity contribution is 0.185. The van der Waals surface area contributed by atoms with E-state index in [4.69, 9.17) is 10.5 Å². The van der Waals surface area contributed by atoms with Crippen molar-refractivity contribution in [1.82, 2.24) is 4.90 Å². The Morgan fingerprint density at radius 1 is 1.17 bits per heavy atom. The first kappa shape index (κ1) is 18.7. The van der Waals surface area contributed by atoms with Gasteiger partial charge in [-0.05, 0) is 51.4 Å². The first-order chi connectivity index (χ1) is 11.8. The van der Waals surface area contributed by atoms with E-state index in [2.05, 4.69) is 15.2 Å². The van der Waals surface area contributed by atoms with Crippen molar-refractivity contribution in [1.29, 1.82) is 0 Å². The summed E-state index contributed by atoms with van der Waals surface area (Å²) in [7, 11) is 1.69. The van der Waals surface area contributed by atoms with Crippen LogP contribution in [0.15, 0.2) is 29.3 Å². The average Bonchev–Trinajstić information content (AvgIpc) is 2.61. The van der Waals surface area contributed by atoms with Crippen LogP contribution in [0.3, 0.4) is 0 Å². The van der Waals surface area contributed by atoms with Gasteiger partial charge in [0.15, 0.2) is 5.96 Å². The predicted octanol–water partition coefficient (Wildman–Crippen LogP) is 3.22. The number of ether oxygens (including phenoxy) is 1. The first-order valence-corrected chi connectivity index (χ1v) is 9.16. The minimum atomic E-state index is 0.481. The van der Waals surface area contributed by atoms with E-state index in [-0.39, 0.29) is 0 Å². The largest absolute Gasteiger partial charge is 0.380 e. The molecule has 1 saturated heterocycles. The molecule has 1 aromatic rings. The Labute approximate surface area is 146 Å². The second kappa shape index (κ2) is 11.0. The van der Waals surface area contributed by atoms with Crippen LogP contribution >= 0.6 is 0 Å². The molecule has 0 aromatic heterocycles. The maximum absolute atomic E-state index is 5.99. The van der Waals surface area contributed by atoms with Crippen molar-refractivity contribution in [2.75, 3.05) is 38.6 Å². The molecule has 0 spiro atoms. The van der Waals surface area contributed by atoms with Gasteiger partial charge in [-0.2, -0.15) is 0 Å². The van der Waals surface area contributed by atoms with Crippen LogP contribution in [-0.2, 0) is 11.3 Å². The molecule has 0 atom stereocenters. The fourth-order valence-electron chi connectivity index (χ4n) is 3.11. The van der Waals surface area contributed by atoms with E-state index in [0.717, 1.165) is 24.2 Å². The van der Waals surface area contributed by atoms with Crippen LogP contribution in [0.1, 0.15) is 44.1 Å². The lowest BCUT2D eigenvalue weighted by Gasteiger charge is -2.26. The number of likely N-dealkylation sites (tertiary alicyclic amines) is 1. The molecule has 134 valence electrons. The number of hydrogen-bond acceptors (Lipinski definition) is 3. The Bertz CT molecular complexity index is 498. The first-order valence-electron chi connectivity index (χ1n) is 9.16. The van der Waals surface area contributed by atoms with Gasteiger partial charge in [-0.1, -0.05) is 31.0 Å². The van der Waals surface area contributed by atoms with Crippen LogP contribution in [0.4, 0.5) is 5.69 Å². The average molecular weight is 332 g/mol. The topological polar surface area (TPSA) is 62.9 Å². The highest BCUT2D eigenvalue weighted by Crippen LogP contribution is 2.15. The third-order valence-electron chi connectivity index (χ3n) is 4.44. The second-order valence-electron chi connectivity index (χ2n) is 6.45. The summed E-state index contributed by atoms with van der Waals surface area (Å²) >= 11 is 0. The van der Waals surface area contributed by atoms with E-state index in [1.54, 1.807) is 7.11 Å². The molecule has 0 radical (unpaired) electrons. The molecule has 1 heterocycles. The van der Waals surface area contributed by atoms with Crippen molar-refractivity contribution in [3.63, 3.8) is 0 Å². The molecule has 24 heavy (non-hydrogen) atoms. The number of benzene rings is 1. The maximum Gasteiger partial charge on any atom is 0.193 e.